The van der Waals surface area contributed by atoms with Gasteiger partial charge in [0.1, 0.15) is 5.75 Å². The minimum atomic E-state index is 0.0391. The molecule has 0 aromatic heterocycles. The van der Waals surface area contributed by atoms with E-state index in [-0.39, 0.29) is 5.91 Å². The lowest BCUT2D eigenvalue weighted by Gasteiger charge is -2.21. The zero-order chi connectivity index (χ0) is 18.9. The largest absolute Gasteiger partial charge is 0.493 e. The topological polar surface area (TPSA) is 32.8 Å². The van der Waals surface area contributed by atoms with Crippen molar-refractivity contribution in [2.24, 2.45) is 0 Å². The highest BCUT2D eigenvalue weighted by atomic mass is 16.5. The van der Waals surface area contributed by atoms with E-state index in [4.69, 9.17) is 4.74 Å². The number of carbonyl (C=O) groups is 1. The van der Waals surface area contributed by atoms with E-state index in [1.54, 1.807) is 19.0 Å². The molecule has 0 bridgehead atoms. The van der Waals surface area contributed by atoms with Crippen LogP contribution in [0.2, 0.25) is 0 Å². The van der Waals surface area contributed by atoms with Gasteiger partial charge in [-0.1, -0.05) is 37.3 Å². The molecule has 0 unspecified atom stereocenters. The molecule has 0 aliphatic rings. The molecule has 2 rings (SSSR count). The molecule has 0 radical (unpaired) electrons. The lowest BCUT2D eigenvalue weighted by molar-refractivity contribution is 0.0827. The van der Waals surface area contributed by atoms with Crippen LogP contribution in [0.5, 0.6) is 5.75 Å². The summed E-state index contributed by atoms with van der Waals surface area (Å²) in [7, 11) is 3.54. The Bertz CT molecular complexity index is 696. The number of rotatable bonds is 9. The van der Waals surface area contributed by atoms with Crippen LogP contribution < -0.4 is 4.74 Å². The van der Waals surface area contributed by atoms with E-state index in [2.05, 4.69) is 24.8 Å². The predicted molar refractivity (Wildman–Crippen MR) is 107 cm³/mol. The van der Waals surface area contributed by atoms with Crippen molar-refractivity contribution in [1.29, 1.82) is 0 Å². The average Bonchev–Trinajstić information content (AvgIpc) is 2.65. The number of carbonyl (C=O) groups excluding carboxylic acids is 1. The Hall–Kier alpha value is -2.33. The summed E-state index contributed by atoms with van der Waals surface area (Å²) in [5.74, 6) is 1.01. The van der Waals surface area contributed by atoms with Gasteiger partial charge in [0.25, 0.3) is 5.91 Å². The highest BCUT2D eigenvalue weighted by Crippen LogP contribution is 2.16. The van der Waals surface area contributed by atoms with E-state index in [9.17, 15) is 4.79 Å². The molecule has 26 heavy (non-hydrogen) atoms. The maximum Gasteiger partial charge on any atom is 0.253 e. The zero-order valence-electron chi connectivity index (χ0n) is 16.4. The molecular formula is C22H30N2O2. The summed E-state index contributed by atoms with van der Waals surface area (Å²) in [6, 6.07) is 16.0. The summed E-state index contributed by atoms with van der Waals surface area (Å²) in [5, 5.41) is 0. The second-order valence-electron chi connectivity index (χ2n) is 6.73. The Labute approximate surface area is 157 Å². The zero-order valence-corrected chi connectivity index (χ0v) is 16.4. The van der Waals surface area contributed by atoms with Gasteiger partial charge in [-0.25, -0.2) is 0 Å². The normalized spacial score (nSPS) is 10.8. The predicted octanol–water partition coefficient (Wildman–Crippen LogP) is 3.99. The second-order valence-corrected chi connectivity index (χ2v) is 6.73. The summed E-state index contributed by atoms with van der Waals surface area (Å²) in [4.78, 5) is 15.9. The molecule has 0 N–H and O–H groups in total. The number of hydrogen-bond acceptors (Lipinski definition) is 3. The standard InChI is InChI=1S/C22H30N2O2/c1-5-24(15-8-16-26-21-10-7-6-9-18(21)2)17-19-11-13-20(14-12-19)22(25)23(3)4/h6-7,9-14H,5,8,15-17H2,1-4H3. The molecule has 0 heterocycles. The minimum absolute atomic E-state index is 0.0391. The third-order valence-corrected chi connectivity index (χ3v) is 4.43. The molecular weight excluding hydrogens is 324 g/mol. The van der Waals surface area contributed by atoms with E-state index in [0.29, 0.717) is 0 Å². The van der Waals surface area contributed by atoms with Crippen LogP contribution in [0, 0.1) is 6.92 Å². The molecule has 0 saturated heterocycles. The van der Waals surface area contributed by atoms with E-state index < -0.39 is 0 Å². The molecule has 4 nitrogen and oxygen atoms in total. The third-order valence-electron chi connectivity index (χ3n) is 4.43. The SMILES string of the molecule is CCN(CCCOc1ccccc1C)Cc1ccc(C(=O)N(C)C)cc1. The van der Waals surface area contributed by atoms with E-state index >= 15 is 0 Å². The molecule has 0 aliphatic carbocycles. The lowest BCUT2D eigenvalue weighted by Crippen LogP contribution is -2.25. The van der Waals surface area contributed by atoms with E-state index in [0.717, 1.165) is 44.0 Å². The first kappa shape index (κ1) is 20.0. The molecule has 0 aliphatic heterocycles. The number of benzene rings is 2. The van der Waals surface area contributed by atoms with Crippen molar-refractivity contribution in [2.75, 3.05) is 33.8 Å². The quantitative estimate of drug-likeness (QED) is 0.639. The first-order valence-electron chi connectivity index (χ1n) is 9.22. The highest BCUT2D eigenvalue weighted by Gasteiger charge is 2.09. The Balaban J connectivity index is 1.80. The van der Waals surface area contributed by atoms with Crippen LogP contribution in [-0.2, 0) is 6.54 Å². The van der Waals surface area contributed by atoms with Crippen LogP contribution in [0.15, 0.2) is 48.5 Å². The van der Waals surface area contributed by atoms with Gasteiger partial charge in [0.15, 0.2) is 0 Å². The Morgan fingerprint density at radius 3 is 2.35 bits per heavy atom. The first-order valence-corrected chi connectivity index (χ1v) is 9.22. The molecule has 0 saturated carbocycles. The molecule has 0 fully saturated rings. The molecule has 1 amide bonds. The van der Waals surface area contributed by atoms with Gasteiger partial charge in [-0.3, -0.25) is 9.69 Å². The van der Waals surface area contributed by atoms with Crippen molar-refractivity contribution < 1.29 is 9.53 Å². The number of ether oxygens (including phenoxy) is 1. The monoisotopic (exact) mass is 354 g/mol. The van der Waals surface area contributed by atoms with Gasteiger partial charge in [-0.05, 0) is 49.2 Å². The number of amides is 1. The summed E-state index contributed by atoms with van der Waals surface area (Å²) < 4.78 is 5.88. The molecule has 4 heteroatoms. The Morgan fingerprint density at radius 2 is 1.73 bits per heavy atom. The van der Waals surface area contributed by atoms with Gasteiger partial charge in [0.05, 0.1) is 6.61 Å². The average molecular weight is 354 g/mol. The Kier molecular flexibility index (Phi) is 7.67. The maximum absolute atomic E-state index is 12.0. The molecule has 0 spiro atoms. The number of aryl methyl sites for hydroxylation is 1. The number of para-hydroxylation sites is 1. The number of nitrogens with zero attached hydrogens (tertiary/aromatic N) is 2. The van der Waals surface area contributed by atoms with Crippen LogP contribution in [-0.4, -0.2) is 49.5 Å². The van der Waals surface area contributed by atoms with Crippen molar-refractivity contribution >= 4 is 5.91 Å². The van der Waals surface area contributed by atoms with Gasteiger partial charge >= 0.3 is 0 Å². The molecule has 2 aromatic rings. The van der Waals surface area contributed by atoms with Gasteiger partial charge in [0, 0.05) is 32.7 Å². The third kappa shape index (κ3) is 5.88. The van der Waals surface area contributed by atoms with Crippen molar-refractivity contribution in [2.45, 2.75) is 26.8 Å². The first-order chi connectivity index (χ1) is 12.5. The van der Waals surface area contributed by atoms with Crippen LogP contribution >= 0.6 is 0 Å². The smallest absolute Gasteiger partial charge is 0.253 e. The van der Waals surface area contributed by atoms with E-state index in [1.807, 2.05) is 42.5 Å². The molecule has 2 aromatic carbocycles. The van der Waals surface area contributed by atoms with Crippen molar-refractivity contribution in [3.63, 3.8) is 0 Å². The minimum Gasteiger partial charge on any atom is -0.493 e. The molecule has 0 atom stereocenters. The van der Waals surface area contributed by atoms with Crippen LogP contribution in [0.25, 0.3) is 0 Å². The van der Waals surface area contributed by atoms with Crippen molar-refractivity contribution in [1.82, 2.24) is 9.80 Å². The fraction of sp³-hybridized carbons (Fsp3) is 0.409. The summed E-state index contributed by atoms with van der Waals surface area (Å²) in [5.41, 5.74) is 3.13. The van der Waals surface area contributed by atoms with Crippen LogP contribution in [0.1, 0.15) is 34.8 Å². The lowest BCUT2D eigenvalue weighted by atomic mass is 10.1. The van der Waals surface area contributed by atoms with Crippen LogP contribution in [0.4, 0.5) is 0 Å². The summed E-state index contributed by atoms with van der Waals surface area (Å²) in [6.07, 6.45) is 0.985. The second kappa shape index (κ2) is 9.97. The summed E-state index contributed by atoms with van der Waals surface area (Å²) >= 11 is 0. The molecule has 140 valence electrons. The Morgan fingerprint density at radius 1 is 1.04 bits per heavy atom. The van der Waals surface area contributed by atoms with Crippen molar-refractivity contribution in [3.05, 3.63) is 65.2 Å². The maximum atomic E-state index is 12.0. The fourth-order valence-corrected chi connectivity index (χ4v) is 2.81. The van der Waals surface area contributed by atoms with Gasteiger partial charge in [-0.2, -0.15) is 0 Å². The van der Waals surface area contributed by atoms with Crippen molar-refractivity contribution in [3.8, 4) is 5.75 Å². The summed E-state index contributed by atoms with van der Waals surface area (Å²) in [6.45, 7) is 7.82. The van der Waals surface area contributed by atoms with Crippen LogP contribution in [0.3, 0.4) is 0 Å². The van der Waals surface area contributed by atoms with Gasteiger partial charge in [0.2, 0.25) is 0 Å². The highest BCUT2D eigenvalue weighted by molar-refractivity contribution is 5.93. The van der Waals surface area contributed by atoms with Gasteiger partial charge < -0.3 is 9.64 Å². The van der Waals surface area contributed by atoms with E-state index in [1.165, 1.54) is 11.1 Å². The van der Waals surface area contributed by atoms with Gasteiger partial charge in [-0.15, -0.1) is 0 Å². The fourth-order valence-electron chi connectivity index (χ4n) is 2.81. The number of hydrogen-bond donors (Lipinski definition) is 0.